The summed E-state index contributed by atoms with van der Waals surface area (Å²) in [6.45, 7) is 0.365. The lowest BCUT2D eigenvalue weighted by Gasteiger charge is -2.15. The number of hydrogen-bond acceptors (Lipinski definition) is 3. The minimum absolute atomic E-state index is 0.101. The second-order valence-corrected chi connectivity index (χ2v) is 6.77. The second kappa shape index (κ2) is 7.19. The number of fused-ring (bicyclic) bond motifs is 1. The molecule has 0 saturated carbocycles. The first-order valence-electron chi connectivity index (χ1n) is 9.04. The van der Waals surface area contributed by atoms with Crippen LogP contribution in [0.4, 0.5) is 10.5 Å². The van der Waals surface area contributed by atoms with Crippen LogP contribution in [0.2, 0.25) is 0 Å². The molecule has 1 saturated heterocycles. The Balaban J connectivity index is 1.48. The lowest BCUT2D eigenvalue weighted by Crippen LogP contribution is -2.36. The first-order chi connectivity index (χ1) is 13.5. The molecule has 0 bridgehead atoms. The quantitative estimate of drug-likeness (QED) is 0.671. The largest absolute Gasteiger partial charge is 0.353 e. The van der Waals surface area contributed by atoms with E-state index in [2.05, 4.69) is 10.6 Å². The number of aromatic nitrogens is 1. The van der Waals surface area contributed by atoms with Crippen LogP contribution in [0.3, 0.4) is 0 Å². The molecule has 1 aliphatic heterocycles. The maximum Gasteiger partial charge on any atom is 0.329 e. The molecule has 2 heterocycles. The second-order valence-electron chi connectivity index (χ2n) is 6.77. The van der Waals surface area contributed by atoms with Gasteiger partial charge in [-0.25, -0.2) is 9.69 Å². The molecular formula is C21H20N4O3. The number of benzene rings is 2. The zero-order valence-corrected chi connectivity index (χ0v) is 15.4. The van der Waals surface area contributed by atoms with E-state index >= 15 is 0 Å². The van der Waals surface area contributed by atoms with E-state index in [-0.39, 0.29) is 12.3 Å². The molecule has 7 nitrogen and oxygen atoms in total. The van der Waals surface area contributed by atoms with Gasteiger partial charge in [0.05, 0.1) is 18.7 Å². The minimum atomic E-state index is -0.875. The Kier molecular flexibility index (Phi) is 4.57. The summed E-state index contributed by atoms with van der Waals surface area (Å²) in [5, 5.41) is 7.16. The summed E-state index contributed by atoms with van der Waals surface area (Å²) >= 11 is 0. The number of nitrogens with one attached hydrogen (secondary N) is 2. The predicted octanol–water partition coefficient (Wildman–Crippen LogP) is 2.31. The molecule has 1 aromatic heterocycles. The highest BCUT2D eigenvalue weighted by molar-refractivity contribution is 6.24. The summed E-state index contributed by atoms with van der Waals surface area (Å²) in [7, 11) is 1.89. The van der Waals surface area contributed by atoms with Gasteiger partial charge in [0.25, 0.3) is 5.91 Å². The van der Waals surface area contributed by atoms with E-state index in [4.69, 9.17) is 0 Å². The molecule has 3 aromatic rings. The summed E-state index contributed by atoms with van der Waals surface area (Å²) < 4.78 is 1.91. The minimum Gasteiger partial charge on any atom is -0.353 e. The predicted molar refractivity (Wildman–Crippen MR) is 106 cm³/mol. The molecule has 4 rings (SSSR count). The van der Waals surface area contributed by atoms with E-state index in [9.17, 15) is 14.4 Å². The highest BCUT2D eigenvalue weighted by Gasteiger charge is 2.40. The number of hydrogen-bond donors (Lipinski definition) is 2. The first kappa shape index (κ1) is 17.8. The van der Waals surface area contributed by atoms with Crippen LogP contribution in [0.5, 0.6) is 0 Å². The molecule has 2 aromatic carbocycles. The van der Waals surface area contributed by atoms with E-state index in [0.29, 0.717) is 12.2 Å². The van der Waals surface area contributed by atoms with Crippen LogP contribution in [0.25, 0.3) is 10.8 Å². The molecule has 0 radical (unpaired) electrons. The normalized spacial score (nSPS) is 16.5. The molecule has 142 valence electrons. The van der Waals surface area contributed by atoms with Crippen LogP contribution in [-0.2, 0) is 23.2 Å². The van der Waals surface area contributed by atoms with Crippen LogP contribution < -0.4 is 15.5 Å². The number of nitrogens with zero attached hydrogens (tertiary/aromatic N) is 2. The van der Waals surface area contributed by atoms with Gasteiger partial charge < -0.3 is 15.2 Å². The topological polar surface area (TPSA) is 83.4 Å². The summed E-state index contributed by atoms with van der Waals surface area (Å²) in [6, 6.07) is 15.4. The SMILES string of the molecule is Cn1cccc1CNC(=O)CC1NC(=O)N(c2cccc3ccccc23)C1=O. The van der Waals surface area contributed by atoms with Gasteiger partial charge in [0.15, 0.2) is 0 Å². The fourth-order valence-corrected chi connectivity index (χ4v) is 3.43. The maximum absolute atomic E-state index is 12.8. The van der Waals surface area contributed by atoms with Crippen molar-refractivity contribution in [1.82, 2.24) is 15.2 Å². The van der Waals surface area contributed by atoms with Gasteiger partial charge in [-0.2, -0.15) is 0 Å². The molecule has 28 heavy (non-hydrogen) atoms. The van der Waals surface area contributed by atoms with Gasteiger partial charge in [0.1, 0.15) is 6.04 Å². The summed E-state index contributed by atoms with van der Waals surface area (Å²) in [5.41, 5.74) is 1.47. The van der Waals surface area contributed by atoms with E-state index < -0.39 is 18.0 Å². The lowest BCUT2D eigenvalue weighted by atomic mass is 10.1. The third kappa shape index (κ3) is 3.22. The number of aryl methyl sites for hydroxylation is 1. The van der Waals surface area contributed by atoms with Crippen molar-refractivity contribution >= 4 is 34.3 Å². The van der Waals surface area contributed by atoms with E-state index in [1.165, 1.54) is 0 Å². The van der Waals surface area contributed by atoms with Crippen LogP contribution in [-0.4, -0.2) is 28.5 Å². The van der Waals surface area contributed by atoms with Crippen molar-refractivity contribution in [2.45, 2.75) is 19.0 Å². The number of urea groups is 1. The van der Waals surface area contributed by atoms with Gasteiger partial charge in [0, 0.05) is 24.3 Å². The van der Waals surface area contributed by atoms with Crippen molar-refractivity contribution in [3.05, 3.63) is 66.5 Å². The third-order valence-corrected chi connectivity index (χ3v) is 4.93. The molecule has 4 amide bonds. The first-order valence-corrected chi connectivity index (χ1v) is 9.04. The van der Waals surface area contributed by atoms with Crippen molar-refractivity contribution in [3.63, 3.8) is 0 Å². The Morgan fingerprint density at radius 3 is 2.64 bits per heavy atom. The van der Waals surface area contributed by atoms with Crippen molar-refractivity contribution in [3.8, 4) is 0 Å². The van der Waals surface area contributed by atoms with Crippen molar-refractivity contribution in [1.29, 1.82) is 0 Å². The highest BCUT2D eigenvalue weighted by Crippen LogP contribution is 2.29. The Hall–Kier alpha value is -3.61. The van der Waals surface area contributed by atoms with Crippen molar-refractivity contribution in [2.24, 2.45) is 7.05 Å². The molecular weight excluding hydrogens is 356 g/mol. The fraction of sp³-hybridized carbons (Fsp3) is 0.190. The van der Waals surface area contributed by atoms with Crippen molar-refractivity contribution < 1.29 is 14.4 Å². The molecule has 1 atom stereocenters. The van der Waals surface area contributed by atoms with Crippen LogP contribution >= 0.6 is 0 Å². The smallest absolute Gasteiger partial charge is 0.329 e. The Bertz CT molecular complexity index is 1070. The van der Waals surface area contributed by atoms with Crippen LogP contribution in [0.1, 0.15) is 12.1 Å². The molecule has 2 N–H and O–H groups in total. The number of amides is 4. The zero-order valence-electron chi connectivity index (χ0n) is 15.4. The maximum atomic E-state index is 12.8. The number of rotatable bonds is 5. The fourth-order valence-electron chi connectivity index (χ4n) is 3.43. The van der Waals surface area contributed by atoms with Gasteiger partial charge in [0.2, 0.25) is 5.91 Å². The number of carbonyl (C=O) groups excluding carboxylic acids is 3. The molecule has 1 fully saturated rings. The van der Waals surface area contributed by atoms with Crippen LogP contribution in [0.15, 0.2) is 60.8 Å². The van der Waals surface area contributed by atoms with Gasteiger partial charge in [-0.3, -0.25) is 9.59 Å². The molecule has 7 heteroatoms. The molecule has 1 aliphatic rings. The number of imide groups is 1. The van der Waals surface area contributed by atoms with E-state index in [1.54, 1.807) is 12.1 Å². The third-order valence-electron chi connectivity index (χ3n) is 4.93. The van der Waals surface area contributed by atoms with Crippen molar-refractivity contribution in [2.75, 3.05) is 4.90 Å². The monoisotopic (exact) mass is 376 g/mol. The Labute approximate surface area is 161 Å². The van der Waals surface area contributed by atoms with Gasteiger partial charge >= 0.3 is 6.03 Å². The summed E-state index contributed by atoms with van der Waals surface area (Å²) in [6.07, 6.45) is 1.79. The summed E-state index contributed by atoms with van der Waals surface area (Å²) in [4.78, 5) is 38.7. The van der Waals surface area contributed by atoms with E-state index in [1.807, 2.05) is 60.3 Å². The molecule has 1 unspecified atom stereocenters. The molecule has 0 spiro atoms. The Morgan fingerprint density at radius 1 is 1.07 bits per heavy atom. The highest BCUT2D eigenvalue weighted by atomic mass is 16.2. The zero-order chi connectivity index (χ0) is 19.7. The van der Waals surface area contributed by atoms with Gasteiger partial charge in [-0.15, -0.1) is 0 Å². The number of anilines is 1. The summed E-state index contributed by atoms with van der Waals surface area (Å²) in [5.74, 6) is -0.713. The number of carbonyl (C=O) groups is 3. The van der Waals surface area contributed by atoms with Crippen LogP contribution in [0, 0.1) is 0 Å². The van der Waals surface area contributed by atoms with Gasteiger partial charge in [-0.1, -0.05) is 36.4 Å². The Morgan fingerprint density at radius 2 is 1.86 bits per heavy atom. The lowest BCUT2D eigenvalue weighted by molar-refractivity contribution is -0.125. The molecule has 0 aliphatic carbocycles. The van der Waals surface area contributed by atoms with E-state index in [0.717, 1.165) is 21.4 Å². The average Bonchev–Trinajstić information content (AvgIpc) is 3.22. The standard InChI is InChI=1S/C21H20N4O3/c1-24-11-5-8-15(24)13-22-19(26)12-17-20(27)25(21(28)23-17)18-10-4-7-14-6-2-3-9-16(14)18/h2-11,17H,12-13H2,1H3,(H,22,26)(H,23,28). The average molecular weight is 376 g/mol. The van der Waals surface area contributed by atoms with Gasteiger partial charge in [-0.05, 0) is 23.6 Å².